The summed E-state index contributed by atoms with van der Waals surface area (Å²) in [5.41, 5.74) is 4.24. The fourth-order valence-corrected chi connectivity index (χ4v) is 5.28. The summed E-state index contributed by atoms with van der Waals surface area (Å²) in [6, 6.07) is 15.0. The Balaban J connectivity index is 0.000000281. The van der Waals surface area contributed by atoms with Crippen molar-refractivity contribution in [3.63, 3.8) is 0 Å². The molecule has 280 valence electrons. The van der Waals surface area contributed by atoms with Gasteiger partial charge in [-0.05, 0) is 81.5 Å². The number of hydrogen-bond donors (Lipinski definition) is 0. The number of aryl methyl sites for hydroxylation is 4. The predicted molar refractivity (Wildman–Crippen MR) is 196 cm³/mol. The molecule has 2 aromatic heterocycles. The van der Waals surface area contributed by atoms with Crippen molar-refractivity contribution in [3.05, 3.63) is 115 Å². The fourth-order valence-electron chi connectivity index (χ4n) is 4.69. The minimum absolute atomic E-state index is 0.00285. The molecule has 0 saturated carbocycles. The van der Waals surface area contributed by atoms with Gasteiger partial charge in [0, 0.05) is 65.7 Å². The molecule has 0 aliphatic heterocycles. The van der Waals surface area contributed by atoms with Crippen molar-refractivity contribution in [1.82, 2.24) is 9.13 Å². The molecule has 0 saturated heterocycles. The summed E-state index contributed by atoms with van der Waals surface area (Å²) in [5, 5.41) is 0. The molecule has 10 nitrogen and oxygen atoms in total. The van der Waals surface area contributed by atoms with Crippen molar-refractivity contribution in [2.24, 2.45) is 0 Å². The molecule has 2 heterocycles. The van der Waals surface area contributed by atoms with Crippen LogP contribution in [0.1, 0.15) is 33.9 Å². The Morgan fingerprint density at radius 3 is 1.38 bits per heavy atom. The molecule has 0 aliphatic carbocycles. The molecule has 0 spiro atoms. The highest BCUT2D eigenvalue weighted by Gasteiger charge is 2.14. The van der Waals surface area contributed by atoms with Crippen LogP contribution in [0, 0.1) is 27.7 Å². The average molecular weight is 767 g/mol. The van der Waals surface area contributed by atoms with E-state index in [0.29, 0.717) is 11.5 Å². The Morgan fingerprint density at radius 1 is 0.654 bits per heavy atom. The number of pyridine rings is 2. The maximum atomic E-state index is 12.5. The average Bonchev–Trinajstić information content (AvgIpc) is 3.03. The van der Waals surface area contributed by atoms with Gasteiger partial charge in [0.1, 0.15) is 5.94 Å². The van der Waals surface area contributed by atoms with Crippen LogP contribution in [0.15, 0.2) is 70.3 Å². The molecule has 52 heavy (non-hydrogen) atoms. The fraction of sp³-hybridized carbons (Fsp3) is 0.278. The van der Waals surface area contributed by atoms with Gasteiger partial charge >= 0.3 is 13.2 Å². The third-order valence-electron chi connectivity index (χ3n) is 6.89. The summed E-state index contributed by atoms with van der Waals surface area (Å²) in [6.07, 6.45) is 9.80. The van der Waals surface area contributed by atoms with Crippen LogP contribution >= 0.6 is 11.8 Å². The molecule has 0 amide bonds. The van der Waals surface area contributed by atoms with Crippen molar-refractivity contribution >= 4 is 46.2 Å². The van der Waals surface area contributed by atoms with E-state index in [1.807, 2.05) is 36.9 Å². The zero-order valence-electron chi connectivity index (χ0n) is 29.1. The van der Waals surface area contributed by atoms with Gasteiger partial charge in [-0.25, -0.2) is 8.42 Å². The quantitative estimate of drug-likeness (QED) is 0.0953. The molecule has 4 aromatic rings. The standard InChI is InChI=1S/C18H19F2NO5S.C18H19F2NO3S/c1-12-8-15(22)9-13(2)21(12)7-6-14-4-5-16(26-18(19)20)17(10-14)25-11-27(3,23)24;1-12-8-15(22)9-13(2)21(12)7-6-14-4-5-16(24-18(19)20)17(10-14)23-11-25-3/h4-10,18H,11H2,1-3H3;4-10,18H,11H2,1-3H3/b2*7-6+. The Hall–Kier alpha value is -4.96. The summed E-state index contributed by atoms with van der Waals surface area (Å²) >= 11 is 1.43. The second-order valence-corrected chi connectivity index (χ2v) is 14.1. The van der Waals surface area contributed by atoms with Gasteiger partial charge in [0.05, 0.1) is 0 Å². The maximum Gasteiger partial charge on any atom is 0.387 e. The van der Waals surface area contributed by atoms with Gasteiger partial charge < -0.3 is 28.1 Å². The first-order valence-corrected chi connectivity index (χ1v) is 18.8. The number of nitrogens with zero attached hydrogens (tertiary/aromatic N) is 2. The Labute approximate surface area is 302 Å². The van der Waals surface area contributed by atoms with Crippen LogP contribution in [0.3, 0.4) is 0 Å². The molecule has 0 N–H and O–H groups in total. The second-order valence-electron chi connectivity index (χ2n) is 11.2. The minimum Gasteiger partial charge on any atom is -0.479 e. The van der Waals surface area contributed by atoms with Crippen LogP contribution in [0.2, 0.25) is 0 Å². The van der Waals surface area contributed by atoms with E-state index in [4.69, 9.17) is 9.47 Å². The largest absolute Gasteiger partial charge is 0.479 e. The van der Waals surface area contributed by atoms with E-state index in [0.717, 1.165) is 34.6 Å². The molecule has 2 aromatic carbocycles. The highest BCUT2D eigenvalue weighted by molar-refractivity contribution is 7.98. The van der Waals surface area contributed by atoms with Crippen molar-refractivity contribution in [2.75, 3.05) is 24.4 Å². The Morgan fingerprint density at radius 2 is 1.04 bits per heavy atom. The topological polar surface area (TPSA) is 115 Å². The molecule has 0 atom stereocenters. The molecule has 16 heteroatoms. The van der Waals surface area contributed by atoms with Crippen LogP contribution in [-0.2, 0) is 9.84 Å². The number of benzene rings is 2. The van der Waals surface area contributed by atoms with E-state index in [-0.39, 0.29) is 33.9 Å². The van der Waals surface area contributed by atoms with E-state index < -0.39 is 29.0 Å². The molecular weight excluding hydrogens is 729 g/mol. The lowest BCUT2D eigenvalue weighted by molar-refractivity contribution is -0.0519. The number of sulfone groups is 1. The molecule has 0 aliphatic rings. The lowest BCUT2D eigenvalue weighted by Gasteiger charge is -2.13. The zero-order chi connectivity index (χ0) is 38.6. The third-order valence-corrected chi connectivity index (χ3v) is 7.78. The molecule has 0 radical (unpaired) electrons. The highest BCUT2D eigenvalue weighted by atomic mass is 32.2. The zero-order valence-corrected chi connectivity index (χ0v) is 30.8. The monoisotopic (exact) mass is 766 g/mol. The predicted octanol–water partition coefficient (Wildman–Crippen LogP) is 7.47. The lowest BCUT2D eigenvalue weighted by atomic mass is 10.2. The molecule has 0 bridgehead atoms. The first-order chi connectivity index (χ1) is 24.4. The van der Waals surface area contributed by atoms with Gasteiger partial charge in [0.15, 0.2) is 49.6 Å². The summed E-state index contributed by atoms with van der Waals surface area (Å²) < 4.78 is 95.7. The Kier molecular flexibility index (Phi) is 15.2. The number of aromatic nitrogens is 2. The van der Waals surface area contributed by atoms with Crippen LogP contribution in [0.4, 0.5) is 17.6 Å². The van der Waals surface area contributed by atoms with Gasteiger partial charge in [0.25, 0.3) is 0 Å². The van der Waals surface area contributed by atoms with Gasteiger partial charge in [-0.2, -0.15) is 17.6 Å². The number of hydrogen-bond acceptors (Lipinski definition) is 9. The molecule has 4 rings (SSSR count). The normalized spacial score (nSPS) is 11.6. The number of rotatable bonds is 14. The first-order valence-electron chi connectivity index (χ1n) is 15.3. The van der Waals surface area contributed by atoms with Crippen molar-refractivity contribution < 1.29 is 44.9 Å². The van der Waals surface area contributed by atoms with Gasteiger partial charge in [-0.15, -0.1) is 11.8 Å². The smallest absolute Gasteiger partial charge is 0.387 e. The first kappa shape index (κ1) is 41.5. The van der Waals surface area contributed by atoms with Crippen LogP contribution in [0.25, 0.3) is 24.6 Å². The van der Waals surface area contributed by atoms with E-state index >= 15 is 0 Å². The molecular formula is C36H38F4N2O8S2. The lowest BCUT2D eigenvalue weighted by Crippen LogP contribution is -2.11. The van der Waals surface area contributed by atoms with E-state index in [1.54, 1.807) is 55.0 Å². The van der Waals surface area contributed by atoms with E-state index in [9.17, 15) is 35.6 Å². The number of alkyl halides is 4. The minimum atomic E-state index is -3.47. The van der Waals surface area contributed by atoms with Gasteiger partial charge in [0.2, 0.25) is 0 Å². The summed E-state index contributed by atoms with van der Waals surface area (Å²) in [7, 11) is -3.47. The number of ether oxygens (including phenoxy) is 4. The van der Waals surface area contributed by atoms with E-state index in [2.05, 4.69) is 9.47 Å². The number of thioether (sulfide) groups is 1. The second kappa shape index (κ2) is 19.0. The summed E-state index contributed by atoms with van der Waals surface area (Å²) in [4.78, 5) is 23.0. The van der Waals surface area contributed by atoms with Crippen LogP contribution in [0.5, 0.6) is 23.0 Å². The van der Waals surface area contributed by atoms with Crippen molar-refractivity contribution in [3.8, 4) is 23.0 Å². The molecule has 0 fully saturated rings. The van der Waals surface area contributed by atoms with E-state index in [1.165, 1.54) is 48.2 Å². The SMILES string of the molecule is CSCOc1cc(/C=C/n2c(C)cc(=O)cc2C)ccc1OC(F)F.Cc1cc(=O)cc(C)n1/C=C/c1ccc(OC(F)F)c(OCS(C)(=O)=O)c1. The van der Waals surface area contributed by atoms with Gasteiger partial charge in [-0.3, -0.25) is 9.59 Å². The van der Waals surface area contributed by atoms with Crippen molar-refractivity contribution in [2.45, 2.75) is 40.9 Å². The third kappa shape index (κ3) is 13.3. The molecule has 0 unspecified atom stereocenters. The van der Waals surface area contributed by atoms with Crippen molar-refractivity contribution in [1.29, 1.82) is 0 Å². The maximum absolute atomic E-state index is 12.5. The summed E-state index contributed by atoms with van der Waals surface area (Å²) in [6.45, 7) is 1.25. The van der Waals surface area contributed by atoms with Crippen LogP contribution < -0.4 is 29.8 Å². The van der Waals surface area contributed by atoms with Gasteiger partial charge in [-0.1, -0.05) is 12.1 Å². The van der Waals surface area contributed by atoms with Crippen LogP contribution in [-0.4, -0.2) is 55.2 Å². The summed E-state index contributed by atoms with van der Waals surface area (Å²) in [5.74, 6) is -0.470. The highest BCUT2D eigenvalue weighted by Crippen LogP contribution is 2.32. The number of halogens is 4. The Bertz CT molecular complexity index is 2080.